The Hall–Kier alpha value is -4.72. The first-order valence-electron chi connectivity index (χ1n) is 12.1. The molecule has 9 heteroatoms. The molecule has 0 aliphatic heterocycles. The lowest BCUT2D eigenvalue weighted by Gasteiger charge is -2.11. The van der Waals surface area contributed by atoms with E-state index < -0.39 is 11.9 Å². The van der Waals surface area contributed by atoms with Crippen molar-refractivity contribution in [3.8, 4) is 17.0 Å². The molecule has 5 aromatic rings. The van der Waals surface area contributed by atoms with Crippen LogP contribution in [0.15, 0.2) is 102 Å². The molecule has 1 amide bonds. The molecular weight excluding hydrogens is 549 g/mol. The second-order valence-electron chi connectivity index (χ2n) is 8.74. The Morgan fingerprint density at radius 2 is 1.57 bits per heavy atom. The van der Waals surface area contributed by atoms with E-state index in [0.717, 1.165) is 11.1 Å². The smallest absolute Gasteiger partial charge is 0.335 e. The Balaban J connectivity index is 1.30. The van der Waals surface area contributed by atoms with E-state index in [9.17, 15) is 9.59 Å². The molecule has 1 aromatic heterocycles. The monoisotopic (exact) mass is 569 g/mol. The molecule has 2 N–H and O–H groups in total. The number of rotatable bonds is 8. The maximum absolute atomic E-state index is 13.1. The fraction of sp³-hybridized carbons (Fsp3) is 0.0323. The highest BCUT2D eigenvalue weighted by Gasteiger charge is 2.14. The molecule has 0 unspecified atom stereocenters. The van der Waals surface area contributed by atoms with Gasteiger partial charge in [-0.3, -0.25) is 4.79 Å². The number of carboxylic acid groups (broad SMARTS) is 1. The van der Waals surface area contributed by atoms with E-state index in [1.807, 2.05) is 54.6 Å². The summed E-state index contributed by atoms with van der Waals surface area (Å²) in [6.45, 7) is 0.147. The number of hydrogen-bond donors (Lipinski definition) is 2. The summed E-state index contributed by atoms with van der Waals surface area (Å²) in [6.07, 6.45) is 1.44. The van der Waals surface area contributed by atoms with Gasteiger partial charge in [-0.1, -0.05) is 83.9 Å². The number of ether oxygens (including phenoxy) is 1. The number of aromatic nitrogens is 1. The summed E-state index contributed by atoms with van der Waals surface area (Å²) in [6, 6.07) is 28.3. The first-order valence-corrected chi connectivity index (χ1v) is 12.9. The zero-order valence-electron chi connectivity index (χ0n) is 20.8. The SMILES string of the molecule is O=C(O)c1ccc(COc2c(Cl)cc(/C=N/NC(=O)c3cc(-c4ccccc4)nc4ccccc34)cc2Cl)cc1. The highest BCUT2D eigenvalue weighted by Crippen LogP contribution is 2.34. The normalized spacial score (nSPS) is 11.1. The van der Waals surface area contributed by atoms with Crippen LogP contribution in [0.5, 0.6) is 5.75 Å². The predicted octanol–water partition coefficient (Wildman–Crippen LogP) is 7.25. The van der Waals surface area contributed by atoms with Crippen molar-refractivity contribution in [1.29, 1.82) is 0 Å². The molecule has 1 heterocycles. The molecule has 0 saturated carbocycles. The lowest BCUT2D eigenvalue weighted by molar-refractivity contribution is 0.0696. The van der Waals surface area contributed by atoms with Crippen LogP contribution in [0, 0.1) is 0 Å². The standard InChI is InChI=1S/C31H21Cl2N3O4/c32-25-14-20(15-26(33)29(25)40-18-19-10-12-22(13-11-19)31(38)39)17-34-36-30(37)24-16-28(21-6-2-1-3-7-21)35-27-9-5-4-8-23(24)27/h1-17H,18H2,(H,36,37)(H,38,39)/b34-17+. The van der Waals surface area contributed by atoms with E-state index in [4.69, 9.17) is 38.0 Å². The number of fused-ring (bicyclic) bond motifs is 1. The Morgan fingerprint density at radius 3 is 2.27 bits per heavy atom. The third-order valence-corrected chi connectivity index (χ3v) is 6.58. The van der Waals surface area contributed by atoms with E-state index in [1.165, 1.54) is 18.3 Å². The number of carboxylic acids is 1. The average Bonchev–Trinajstić information content (AvgIpc) is 2.96. The minimum Gasteiger partial charge on any atom is -0.486 e. The fourth-order valence-electron chi connectivity index (χ4n) is 4.04. The Bertz CT molecular complexity index is 1720. The minimum absolute atomic E-state index is 0.147. The predicted molar refractivity (Wildman–Crippen MR) is 156 cm³/mol. The zero-order valence-corrected chi connectivity index (χ0v) is 22.4. The number of hydrogen-bond acceptors (Lipinski definition) is 5. The van der Waals surface area contributed by atoms with Gasteiger partial charge in [0.2, 0.25) is 0 Å². The third-order valence-electron chi connectivity index (χ3n) is 6.01. The van der Waals surface area contributed by atoms with E-state index in [2.05, 4.69) is 10.5 Å². The first kappa shape index (κ1) is 26.9. The van der Waals surface area contributed by atoms with Crippen LogP contribution in [0.3, 0.4) is 0 Å². The molecule has 0 bridgehead atoms. The van der Waals surface area contributed by atoms with Crippen LogP contribution in [0.1, 0.15) is 31.8 Å². The molecule has 0 atom stereocenters. The summed E-state index contributed by atoms with van der Waals surface area (Å²) < 4.78 is 5.77. The number of aromatic carboxylic acids is 1. The molecule has 4 aromatic carbocycles. The van der Waals surface area contributed by atoms with E-state index in [1.54, 1.807) is 30.3 Å². The highest BCUT2D eigenvalue weighted by molar-refractivity contribution is 6.37. The molecule has 5 rings (SSSR count). The van der Waals surface area contributed by atoms with Gasteiger partial charge in [0.15, 0.2) is 5.75 Å². The van der Waals surface area contributed by atoms with Gasteiger partial charge in [-0.05, 0) is 47.5 Å². The topological polar surface area (TPSA) is 101 Å². The summed E-state index contributed by atoms with van der Waals surface area (Å²) in [5, 5.41) is 14.4. The molecular formula is C31H21Cl2N3O4. The quantitative estimate of drug-likeness (QED) is 0.151. The summed E-state index contributed by atoms with van der Waals surface area (Å²) in [4.78, 5) is 28.9. The number of para-hydroxylation sites is 1. The largest absolute Gasteiger partial charge is 0.486 e. The van der Waals surface area contributed by atoms with Crippen LogP contribution in [0.4, 0.5) is 0 Å². The van der Waals surface area contributed by atoms with Crippen molar-refractivity contribution in [2.45, 2.75) is 6.61 Å². The Kier molecular flexibility index (Phi) is 8.05. The van der Waals surface area contributed by atoms with Gasteiger partial charge in [0.05, 0.1) is 38.6 Å². The number of nitrogens with zero attached hydrogens (tertiary/aromatic N) is 2. The second-order valence-corrected chi connectivity index (χ2v) is 9.56. The van der Waals surface area contributed by atoms with Crippen molar-refractivity contribution in [1.82, 2.24) is 10.4 Å². The van der Waals surface area contributed by atoms with Crippen molar-refractivity contribution >= 4 is 52.2 Å². The highest BCUT2D eigenvalue weighted by atomic mass is 35.5. The zero-order chi connectivity index (χ0) is 28.1. The summed E-state index contributed by atoms with van der Waals surface area (Å²) in [7, 11) is 0. The van der Waals surface area contributed by atoms with Gasteiger partial charge in [-0.2, -0.15) is 5.10 Å². The molecule has 0 saturated heterocycles. The molecule has 0 aliphatic rings. The second kappa shape index (κ2) is 12.0. The number of carbonyl (C=O) groups excluding carboxylic acids is 1. The maximum Gasteiger partial charge on any atom is 0.335 e. The molecule has 0 aliphatic carbocycles. The summed E-state index contributed by atoms with van der Waals surface area (Å²) >= 11 is 12.8. The van der Waals surface area contributed by atoms with Gasteiger partial charge >= 0.3 is 5.97 Å². The number of pyridine rings is 1. The van der Waals surface area contributed by atoms with Gasteiger partial charge in [-0.15, -0.1) is 0 Å². The minimum atomic E-state index is -1.00. The van der Waals surface area contributed by atoms with Gasteiger partial charge in [-0.25, -0.2) is 15.2 Å². The summed E-state index contributed by atoms with van der Waals surface area (Å²) in [5.41, 5.74) is 6.79. The van der Waals surface area contributed by atoms with Crippen molar-refractivity contribution in [3.05, 3.63) is 129 Å². The number of amides is 1. The van der Waals surface area contributed by atoms with E-state index in [-0.39, 0.29) is 28.0 Å². The Morgan fingerprint density at radius 1 is 0.900 bits per heavy atom. The molecule has 7 nitrogen and oxygen atoms in total. The van der Waals surface area contributed by atoms with Crippen molar-refractivity contribution in [2.24, 2.45) is 5.10 Å². The maximum atomic E-state index is 13.1. The summed E-state index contributed by atoms with van der Waals surface area (Å²) in [5.74, 6) is -1.11. The van der Waals surface area contributed by atoms with Crippen molar-refractivity contribution in [3.63, 3.8) is 0 Å². The Labute approximate surface area is 239 Å². The number of nitrogens with one attached hydrogen (secondary N) is 1. The third kappa shape index (κ3) is 6.12. The number of hydrazone groups is 1. The molecule has 0 fully saturated rings. The van der Waals surface area contributed by atoms with Crippen LogP contribution in [0.2, 0.25) is 10.0 Å². The van der Waals surface area contributed by atoms with Crippen LogP contribution < -0.4 is 10.2 Å². The molecule has 198 valence electrons. The van der Waals surface area contributed by atoms with Crippen LogP contribution >= 0.6 is 23.2 Å². The molecule has 40 heavy (non-hydrogen) atoms. The lowest BCUT2D eigenvalue weighted by atomic mass is 10.0. The average molecular weight is 570 g/mol. The van der Waals surface area contributed by atoms with Crippen LogP contribution in [0.25, 0.3) is 22.2 Å². The van der Waals surface area contributed by atoms with Gasteiger partial charge in [0, 0.05) is 10.9 Å². The van der Waals surface area contributed by atoms with Gasteiger partial charge in [0.1, 0.15) is 6.61 Å². The number of halogens is 2. The van der Waals surface area contributed by atoms with Crippen molar-refractivity contribution < 1.29 is 19.4 Å². The van der Waals surface area contributed by atoms with Crippen LogP contribution in [-0.2, 0) is 6.61 Å². The van der Waals surface area contributed by atoms with E-state index in [0.29, 0.717) is 27.7 Å². The lowest BCUT2D eigenvalue weighted by Crippen LogP contribution is -2.18. The molecule has 0 radical (unpaired) electrons. The molecule has 0 spiro atoms. The number of benzene rings is 4. The fourth-order valence-corrected chi connectivity index (χ4v) is 4.65. The van der Waals surface area contributed by atoms with Crippen molar-refractivity contribution in [2.75, 3.05) is 0 Å². The first-order chi connectivity index (χ1) is 19.4. The van der Waals surface area contributed by atoms with Gasteiger partial charge < -0.3 is 9.84 Å². The van der Waals surface area contributed by atoms with Gasteiger partial charge in [0.25, 0.3) is 5.91 Å². The number of carbonyl (C=O) groups is 2. The van der Waals surface area contributed by atoms with E-state index >= 15 is 0 Å². The van der Waals surface area contributed by atoms with Crippen LogP contribution in [-0.4, -0.2) is 28.2 Å².